The molecular formula is C6H16N4. The number of hydrogen-bond acceptors (Lipinski definition) is 2. The lowest BCUT2D eigenvalue weighted by molar-refractivity contribution is 0.420. The van der Waals surface area contributed by atoms with Crippen molar-refractivity contribution in [3.63, 3.8) is 0 Å². The maximum absolute atomic E-state index is 5.42. The molecule has 0 aliphatic rings. The molecule has 0 aromatic rings. The summed E-state index contributed by atoms with van der Waals surface area (Å²) in [6.07, 6.45) is 0. The van der Waals surface area contributed by atoms with Crippen LogP contribution in [0.2, 0.25) is 0 Å². The summed E-state index contributed by atoms with van der Waals surface area (Å²) in [5.74, 6) is 5.93. The van der Waals surface area contributed by atoms with Crippen LogP contribution in [0.1, 0.15) is 13.8 Å². The van der Waals surface area contributed by atoms with Gasteiger partial charge in [0.1, 0.15) is 0 Å². The van der Waals surface area contributed by atoms with Crippen molar-refractivity contribution in [1.82, 2.24) is 4.90 Å². The molecule has 0 amide bonds. The highest BCUT2D eigenvalue weighted by Crippen LogP contribution is 1.93. The van der Waals surface area contributed by atoms with Gasteiger partial charge in [-0.3, -0.25) is 0 Å². The maximum atomic E-state index is 5.42. The predicted molar refractivity (Wildman–Crippen MR) is 43.3 cm³/mol. The number of rotatable bonds is 2. The van der Waals surface area contributed by atoms with Crippen LogP contribution in [0, 0.1) is 5.92 Å². The van der Waals surface area contributed by atoms with E-state index in [0.717, 1.165) is 6.54 Å². The van der Waals surface area contributed by atoms with E-state index >= 15 is 0 Å². The second-order valence-electron chi connectivity index (χ2n) is 2.76. The standard InChI is InChI=1S/C6H16N4/c1-5(2)4-10(3)6(7)9-8/h5H,4,8H2,1-3H3,(H2,7,9). The Hall–Kier alpha value is -0.930. The predicted octanol–water partition coefficient (Wildman–Crippen LogP) is -0.237. The summed E-state index contributed by atoms with van der Waals surface area (Å²) in [7, 11) is 1.87. The smallest absolute Gasteiger partial charge is 0.213 e. The van der Waals surface area contributed by atoms with Crippen LogP contribution in [-0.2, 0) is 0 Å². The van der Waals surface area contributed by atoms with E-state index in [9.17, 15) is 0 Å². The molecule has 4 N–H and O–H groups in total. The Morgan fingerprint density at radius 2 is 2.10 bits per heavy atom. The SMILES string of the molecule is CC(C)CN(C)C(N)=NN. The molecule has 0 saturated carbocycles. The topological polar surface area (TPSA) is 67.6 Å². The van der Waals surface area contributed by atoms with Crippen molar-refractivity contribution in [2.75, 3.05) is 13.6 Å². The van der Waals surface area contributed by atoms with Gasteiger partial charge in [0.15, 0.2) is 0 Å². The van der Waals surface area contributed by atoms with Gasteiger partial charge in [-0.05, 0) is 5.92 Å². The highest BCUT2D eigenvalue weighted by atomic mass is 15.3. The van der Waals surface area contributed by atoms with Gasteiger partial charge in [-0.2, -0.15) is 0 Å². The zero-order chi connectivity index (χ0) is 8.15. The van der Waals surface area contributed by atoms with Gasteiger partial charge in [-0.1, -0.05) is 13.8 Å². The monoisotopic (exact) mass is 144 g/mol. The molecule has 60 valence electrons. The summed E-state index contributed by atoms with van der Waals surface area (Å²) >= 11 is 0. The van der Waals surface area contributed by atoms with Crippen molar-refractivity contribution >= 4 is 5.96 Å². The molecule has 0 bridgehead atoms. The second-order valence-corrected chi connectivity index (χ2v) is 2.76. The van der Waals surface area contributed by atoms with E-state index in [-0.39, 0.29) is 0 Å². The second kappa shape index (κ2) is 3.98. The van der Waals surface area contributed by atoms with E-state index < -0.39 is 0 Å². The molecule has 0 aromatic carbocycles. The molecule has 0 unspecified atom stereocenters. The van der Waals surface area contributed by atoms with Crippen molar-refractivity contribution in [2.45, 2.75) is 13.8 Å². The van der Waals surface area contributed by atoms with Crippen LogP contribution < -0.4 is 11.6 Å². The van der Waals surface area contributed by atoms with Crippen molar-refractivity contribution in [3.05, 3.63) is 0 Å². The van der Waals surface area contributed by atoms with Crippen molar-refractivity contribution in [3.8, 4) is 0 Å². The average Bonchev–Trinajstić information content (AvgIpc) is 1.85. The van der Waals surface area contributed by atoms with Gasteiger partial charge in [0.2, 0.25) is 5.96 Å². The Balaban J connectivity index is 3.73. The number of hydrazone groups is 1. The Morgan fingerprint density at radius 3 is 2.40 bits per heavy atom. The normalized spacial score (nSPS) is 12.2. The summed E-state index contributed by atoms with van der Waals surface area (Å²) in [6, 6.07) is 0. The number of nitrogens with zero attached hydrogens (tertiary/aromatic N) is 2. The third kappa shape index (κ3) is 3.17. The van der Waals surface area contributed by atoms with Crippen LogP contribution in [-0.4, -0.2) is 24.5 Å². The van der Waals surface area contributed by atoms with Gasteiger partial charge < -0.3 is 16.5 Å². The molecule has 10 heavy (non-hydrogen) atoms. The van der Waals surface area contributed by atoms with Crippen molar-refractivity contribution in [2.24, 2.45) is 22.6 Å². The molecule has 4 nitrogen and oxygen atoms in total. The highest BCUT2D eigenvalue weighted by molar-refractivity contribution is 5.77. The van der Waals surface area contributed by atoms with Crippen LogP contribution in [0.5, 0.6) is 0 Å². The minimum atomic E-state index is 0.383. The zero-order valence-electron chi connectivity index (χ0n) is 6.83. The third-order valence-corrected chi connectivity index (χ3v) is 1.16. The molecule has 0 fully saturated rings. The van der Waals surface area contributed by atoms with Crippen LogP contribution in [0.4, 0.5) is 0 Å². The Bertz CT molecular complexity index is 119. The molecule has 0 aliphatic carbocycles. The molecular weight excluding hydrogens is 128 g/mol. The first-order valence-corrected chi connectivity index (χ1v) is 3.32. The lowest BCUT2D eigenvalue weighted by atomic mass is 10.2. The Kier molecular flexibility index (Phi) is 3.61. The minimum Gasteiger partial charge on any atom is -0.368 e. The van der Waals surface area contributed by atoms with Crippen LogP contribution in [0.15, 0.2) is 5.10 Å². The first-order valence-electron chi connectivity index (χ1n) is 3.32. The number of nitrogens with two attached hydrogens (primary N) is 2. The fraction of sp³-hybridized carbons (Fsp3) is 0.833. The Labute approximate surface area is 61.9 Å². The zero-order valence-corrected chi connectivity index (χ0v) is 6.83. The highest BCUT2D eigenvalue weighted by Gasteiger charge is 2.02. The first kappa shape index (κ1) is 9.07. The van der Waals surface area contributed by atoms with E-state index in [1.165, 1.54) is 0 Å². The fourth-order valence-electron chi connectivity index (χ4n) is 0.740. The fourth-order valence-corrected chi connectivity index (χ4v) is 0.740. The van der Waals surface area contributed by atoms with E-state index in [4.69, 9.17) is 11.6 Å². The Morgan fingerprint density at radius 1 is 1.60 bits per heavy atom. The largest absolute Gasteiger partial charge is 0.368 e. The van der Waals surface area contributed by atoms with Crippen molar-refractivity contribution in [1.29, 1.82) is 0 Å². The molecule has 0 heterocycles. The van der Waals surface area contributed by atoms with Crippen molar-refractivity contribution < 1.29 is 0 Å². The molecule has 4 heteroatoms. The lowest BCUT2D eigenvalue weighted by Crippen LogP contribution is -2.37. The number of hydrogen-bond donors (Lipinski definition) is 2. The molecule has 0 saturated heterocycles. The summed E-state index contributed by atoms with van der Waals surface area (Å²) in [5, 5.41) is 3.36. The summed E-state index contributed by atoms with van der Waals surface area (Å²) in [5.41, 5.74) is 5.42. The molecule has 0 aromatic heterocycles. The summed E-state index contributed by atoms with van der Waals surface area (Å²) in [6.45, 7) is 5.10. The number of guanidine groups is 1. The van der Waals surface area contributed by atoms with Gasteiger partial charge in [-0.15, -0.1) is 5.10 Å². The summed E-state index contributed by atoms with van der Waals surface area (Å²) < 4.78 is 0. The third-order valence-electron chi connectivity index (χ3n) is 1.16. The van der Waals surface area contributed by atoms with Crippen LogP contribution in [0.3, 0.4) is 0 Å². The van der Waals surface area contributed by atoms with E-state index in [1.54, 1.807) is 0 Å². The van der Waals surface area contributed by atoms with Crippen LogP contribution >= 0.6 is 0 Å². The molecule has 0 radical (unpaired) electrons. The van der Waals surface area contributed by atoms with Gasteiger partial charge in [0.25, 0.3) is 0 Å². The average molecular weight is 144 g/mol. The van der Waals surface area contributed by atoms with E-state index in [2.05, 4.69) is 18.9 Å². The van der Waals surface area contributed by atoms with Crippen LogP contribution in [0.25, 0.3) is 0 Å². The van der Waals surface area contributed by atoms with E-state index in [1.807, 2.05) is 11.9 Å². The lowest BCUT2D eigenvalue weighted by Gasteiger charge is -2.18. The minimum absolute atomic E-state index is 0.383. The molecule has 0 aliphatic heterocycles. The van der Waals surface area contributed by atoms with Gasteiger partial charge in [-0.25, -0.2) is 0 Å². The van der Waals surface area contributed by atoms with E-state index in [0.29, 0.717) is 11.9 Å². The maximum Gasteiger partial charge on any atom is 0.213 e. The quantitative estimate of drug-likeness (QED) is 0.243. The molecule has 0 atom stereocenters. The molecule has 0 spiro atoms. The first-order chi connectivity index (χ1) is 4.57. The van der Waals surface area contributed by atoms with Gasteiger partial charge in [0, 0.05) is 13.6 Å². The van der Waals surface area contributed by atoms with Gasteiger partial charge >= 0.3 is 0 Å². The van der Waals surface area contributed by atoms with Gasteiger partial charge in [0.05, 0.1) is 0 Å². The molecule has 0 rings (SSSR count). The summed E-state index contributed by atoms with van der Waals surface area (Å²) in [4.78, 5) is 1.82.